The van der Waals surface area contributed by atoms with Crippen LogP contribution in [0.1, 0.15) is 44.4 Å². The second-order valence-electron chi connectivity index (χ2n) is 7.39. The van der Waals surface area contributed by atoms with Gasteiger partial charge in [0.15, 0.2) is 0 Å². The molecule has 0 amide bonds. The molecular weight excluding hydrogens is 328 g/mol. The summed E-state index contributed by atoms with van der Waals surface area (Å²) in [6, 6.07) is 13.0. The summed E-state index contributed by atoms with van der Waals surface area (Å²) < 4.78 is 17.3. The van der Waals surface area contributed by atoms with Gasteiger partial charge in [0.05, 0.1) is 5.60 Å². The second kappa shape index (κ2) is 6.61. The minimum Gasteiger partial charge on any atom is -0.463 e. The molecule has 136 valence electrons. The van der Waals surface area contributed by atoms with E-state index in [0.29, 0.717) is 5.75 Å². The van der Waals surface area contributed by atoms with E-state index in [4.69, 9.17) is 14.2 Å². The molecule has 0 N–H and O–H groups in total. The number of rotatable bonds is 3. The predicted octanol–water partition coefficient (Wildman–Crippen LogP) is 4.99. The highest BCUT2D eigenvalue weighted by atomic mass is 16.7. The van der Waals surface area contributed by atoms with Crippen molar-refractivity contribution in [1.29, 1.82) is 0 Å². The quantitative estimate of drug-likeness (QED) is 0.443. The molecule has 2 aromatic rings. The SMILES string of the molecule is Cc1cc2c(cc1/C=C/C(=O)Oc1ccccc1)C(C)(C)OC(C)(C)O2. The fraction of sp³-hybridized carbons (Fsp3) is 0.318. The van der Waals surface area contributed by atoms with Crippen LogP contribution in [0.5, 0.6) is 11.5 Å². The Kier molecular flexibility index (Phi) is 4.63. The van der Waals surface area contributed by atoms with Gasteiger partial charge < -0.3 is 14.2 Å². The van der Waals surface area contributed by atoms with E-state index in [1.54, 1.807) is 18.2 Å². The van der Waals surface area contributed by atoms with Crippen molar-refractivity contribution in [1.82, 2.24) is 0 Å². The molecule has 26 heavy (non-hydrogen) atoms. The molecule has 0 atom stereocenters. The Hall–Kier alpha value is -2.59. The molecule has 1 aliphatic rings. The van der Waals surface area contributed by atoms with Gasteiger partial charge in [-0.05, 0) is 62.2 Å². The fourth-order valence-corrected chi connectivity index (χ4v) is 3.18. The lowest BCUT2D eigenvalue weighted by Crippen LogP contribution is -2.44. The molecule has 0 aromatic heterocycles. The molecule has 0 saturated carbocycles. The Morgan fingerprint density at radius 3 is 2.46 bits per heavy atom. The average molecular weight is 352 g/mol. The van der Waals surface area contributed by atoms with Crippen molar-refractivity contribution in [3.05, 3.63) is 65.2 Å². The zero-order chi connectivity index (χ0) is 18.9. The summed E-state index contributed by atoms with van der Waals surface area (Å²) in [5.41, 5.74) is 2.41. The van der Waals surface area contributed by atoms with Gasteiger partial charge in [-0.1, -0.05) is 18.2 Å². The normalized spacial score (nSPS) is 17.4. The first kappa shape index (κ1) is 18.2. The third-order valence-corrected chi connectivity index (χ3v) is 4.23. The summed E-state index contributed by atoms with van der Waals surface area (Å²) in [7, 11) is 0. The van der Waals surface area contributed by atoms with E-state index >= 15 is 0 Å². The van der Waals surface area contributed by atoms with Crippen molar-refractivity contribution in [3.8, 4) is 11.5 Å². The van der Waals surface area contributed by atoms with Crippen molar-refractivity contribution >= 4 is 12.0 Å². The van der Waals surface area contributed by atoms with Crippen LogP contribution in [0.4, 0.5) is 0 Å². The third-order valence-electron chi connectivity index (χ3n) is 4.23. The van der Waals surface area contributed by atoms with Crippen LogP contribution < -0.4 is 9.47 Å². The zero-order valence-electron chi connectivity index (χ0n) is 15.8. The van der Waals surface area contributed by atoms with E-state index in [-0.39, 0.29) is 0 Å². The molecular formula is C22H24O4. The third kappa shape index (κ3) is 3.97. The second-order valence-corrected chi connectivity index (χ2v) is 7.39. The Morgan fingerprint density at radius 2 is 1.77 bits per heavy atom. The molecule has 0 bridgehead atoms. The Bertz CT molecular complexity index is 848. The maximum absolute atomic E-state index is 12.0. The first-order valence-electron chi connectivity index (χ1n) is 8.65. The number of esters is 1. The molecule has 2 aromatic carbocycles. The highest BCUT2D eigenvalue weighted by Crippen LogP contribution is 2.43. The van der Waals surface area contributed by atoms with Gasteiger partial charge in [0, 0.05) is 25.5 Å². The highest BCUT2D eigenvalue weighted by Gasteiger charge is 2.39. The minimum atomic E-state index is -0.681. The standard InChI is InChI=1S/C22H24O4/c1-15-13-19-18(21(2,3)26-22(4,5)25-19)14-16(15)11-12-20(23)24-17-9-7-6-8-10-17/h6-14H,1-5H3/b12-11+. The predicted molar refractivity (Wildman–Crippen MR) is 101 cm³/mol. The van der Waals surface area contributed by atoms with Crippen LogP contribution in [0.3, 0.4) is 0 Å². The summed E-state index contributed by atoms with van der Waals surface area (Å²) in [6.07, 6.45) is 3.19. The number of ether oxygens (including phenoxy) is 3. The average Bonchev–Trinajstić information content (AvgIpc) is 2.52. The summed E-state index contributed by atoms with van der Waals surface area (Å²) in [6.45, 7) is 9.83. The Labute approximate surface area is 154 Å². The lowest BCUT2D eigenvalue weighted by molar-refractivity contribution is -0.241. The van der Waals surface area contributed by atoms with E-state index in [2.05, 4.69) is 0 Å². The van der Waals surface area contributed by atoms with Crippen molar-refractivity contribution in [3.63, 3.8) is 0 Å². The van der Waals surface area contributed by atoms with Crippen LogP contribution in [0, 0.1) is 6.92 Å². The van der Waals surface area contributed by atoms with Crippen LogP contribution >= 0.6 is 0 Å². The summed E-state index contributed by atoms with van der Waals surface area (Å²) in [5.74, 6) is 0.239. The Balaban J connectivity index is 1.84. The number of aryl methyl sites for hydroxylation is 1. The largest absolute Gasteiger partial charge is 0.463 e. The van der Waals surface area contributed by atoms with E-state index in [1.165, 1.54) is 6.08 Å². The van der Waals surface area contributed by atoms with Crippen LogP contribution in [-0.2, 0) is 15.1 Å². The molecule has 3 rings (SSSR count). The van der Waals surface area contributed by atoms with E-state index in [0.717, 1.165) is 22.4 Å². The van der Waals surface area contributed by atoms with Gasteiger partial charge in [0.2, 0.25) is 5.79 Å². The van der Waals surface area contributed by atoms with E-state index in [1.807, 2.05) is 65.0 Å². The van der Waals surface area contributed by atoms with Gasteiger partial charge >= 0.3 is 5.97 Å². The number of para-hydroxylation sites is 1. The molecule has 1 heterocycles. The molecule has 0 aliphatic carbocycles. The van der Waals surface area contributed by atoms with Crippen LogP contribution in [0.2, 0.25) is 0 Å². The monoisotopic (exact) mass is 352 g/mol. The first-order valence-corrected chi connectivity index (χ1v) is 8.65. The Morgan fingerprint density at radius 1 is 1.08 bits per heavy atom. The number of fused-ring (bicyclic) bond motifs is 1. The first-order chi connectivity index (χ1) is 12.2. The molecule has 4 nitrogen and oxygen atoms in total. The number of hydrogen-bond donors (Lipinski definition) is 0. The van der Waals surface area contributed by atoms with Crippen molar-refractivity contribution in [2.24, 2.45) is 0 Å². The maximum atomic E-state index is 12.0. The van der Waals surface area contributed by atoms with Gasteiger partial charge in [-0.25, -0.2) is 4.79 Å². The lowest BCUT2D eigenvalue weighted by atomic mass is 9.91. The molecule has 4 heteroatoms. The highest BCUT2D eigenvalue weighted by molar-refractivity contribution is 5.89. The van der Waals surface area contributed by atoms with Crippen molar-refractivity contribution in [2.45, 2.75) is 46.0 Å². The molecule has 0 spiro atoms. The summed E-state index contributed by atoms with van der Waals surface area (Å²) in [4.78, 5) is 12.0. The van der Waals surface area contributed by atoms with Gasteiger partial charge in [-0.2, -0.15) is 0 Å². The molecule has 0 fully saturated rings. The number of benzene rings is 2. The van der Waals surface area contributed by atoms with Crippen molar-refractivity contribution in [2.75, 3.05) is 0 Å². The fourth-order valence-electron chi connectivity index (χ4n) is 3.18. The summed E-state index contributed by atoms with van der Waals surface area (Å²) in [5, 5.41) is 0. The van der Waals surface area contributed by atoms with Gasteiger partial charge in [0.25, 0.3) is 0 Å². The van der Waals surface area contributed by atoms with Crippen LogP contribution in [-0.4, -0.2) is 11.8 Å². The van der Waals surface area contributed by atoms with Crippen molar-refractivity contribution < 1.29 is 19.0 Å². The smallest absolute Gasteiger partial charge is 0.336 e. The topological polar surface area (TPSA) is 44.8 Å². The van der Waals surface area contributed by atoms with Gasteiger partial charge in [-0.15, -0.1) is 0 Å². The van der Waals surface area contributed by atoms with Crippen LogP contribution in [0.25, 0.3) is 6.08 Å². The van der Waals surface area contributed by atoms with E-state index in [9.17, 15) is 4.79 Å². The van der Waals surface area contributed by atoms with Gasteiger partial charge in [-0.3, -0.25) is 0 Å². The number of carbonyl (C=O) groups excluding carboxylic acids is 1. The number of carbonyl (C=O) groups is 1. The molecule has 1 aliphatic heterocycles. The van der Waals surface area contributed by atoms with E-state index < -0.39 is 17.4 Å². The summed E-state index contributed by atoms with van der Waals surface area (Å²) >= 11 is 0. The minimum absolute atomic E-state index is 0.416. The molecule has 0 unspecified atom stereocenters. The molecule has 0 saturated heterocycles. The number of hydrogen-bond acceptors (Lipinski definition) is 4. The maximum Gasteiger partial charge on any atom is 0.336 e. The molecule has 0 radical (unpaired) electrons. The van der Waals surface area contributed by atoms with Gasteiger partial charge in [0.1, 0.15) is 11.5 Å². The lowest BCUT2D eigenvalue weighted by Gasteiger charge is -2.42. The van der Waals surface area contributed by atoms with Crippen LogP contribution in [0.15, 0.2) is 48.5 Å². The zero-order valence-corrected chi connectivity index (χ0v) is 15.8.